The number of anilines is 1. The second kappa shape index (κ2) is 5.00. The summed E-state index contributed by atoms with van der Waals surface area (Å²) in [6.45, 7) is 4.91. The molecule has 0 fully saturated rings. The molecule has 0 aliphatic heterocycles. The Morgan fingerprint density at radius 2 is 2.22 bits per heavy atom. The van der Waals surface area contributed by atoms with Gasteiger partial charge in [0.2, 0.25) is 5.95 Å². The third kappa shape index (κ3) is 2.56. The summed E-state index contributed by atoms with van der Waals surface area (Å²) in [6, 6.07) is 5.04. The fourth-order valence-electron chi connectivity index (χ4n) is 1.61. The zero-order valence-electron chi connectivity index (χ0n) is 10.3. The van der Waals surface area contributed by atoms with Crippen LogP contribution in [0.15, 0.2) is 24.4 Å². The third-order valence-corrected chi connectivity index (χ3v) is 2.51. The molecule has 0 unspecified atom stereocenters. The highest BCUT2D eigenvalue weighted by atomic mass is 16.4. The Morgan fingerprint density at radius 1 is 1.44 bits per heavy atom. The lowest BCUT2D eigenvalue weighted by molar-refractivity contribution is 0.0699. The van der Waals surface area contributed by atoms with Gasteiger partial charge in [0.05, 0.1) is 11.1 Å². The molecule has 0 saturated carbocycles. The van der Waals surface area contributed by atoms with E-state index in [9.17, 15) is 4.79 Å². The molecule has 0 spiro atoms. The van der Waals surface area contributed by atoms with Crippen LogP contribution in [0.1, 0.15) is 24.2 Å². The van der Waals surface area contributed by atoms with Crippen molar-refractivity contribution in [1.29, 1.82) is 0 Å². The summed E-state index contributed by atoms with van der Waals surface area (Å²) in [6.07, 6.45) is 1.64. The summed E-state index contributed by atoms with van der Waals surface area (Å²) in [5, 5.41) is 12.9. The van der Waals surface area contributed by atoms with Crippen molar-refractivity contribution in [3.63, 3.8) is 0 Å². The number of aromatic nitrogens is 2. The van der Waals surface area contributed by atoms with Crippen molar-refractivity contribution in [3.05, 3.63) is 30.0 Å². The van der Waals surface area contributed by atoms with Crippen LogP contribution in [-0.4, -0.2) is 27.6 Å². The molecule has 1 aromatic heterocycles. The first-order valence-corrected chi connectivity index (χ1v) is 5.81. The number of hydrogen-bond acceptors (Lipinski definition) is 4. The van der Waals surface area contributed by atoms with Crippen molar-refractivity contribution < 1.29 is 9.90 Å². The molecule has 2 N–H and O–H groups in total. The molecular formula is C13H15N3O2. The highest BCUT2D eigenvalue weighted by Gasteiger charge is 2.10. The van der Waals surface area contributed by atoms with E-state index in [2.05, 4.69) is 29.1 Å². The SMILES string of the molecule is CC(C)CNc1ncc2cccc(C(=O)O)c2n1. The molecule has 94 valence electrons. The average molecular weight is 245 g/mol. The largest absolute Gasteiger partial charge is 0.478 e. The van der Waals surface area contributed by atoms with Gasteiger partial charge in [-0.25, -0.2) is 14.8 Å². The first-order valence-electron chi connectivity index (χ1n) is 5.81. The maximum Gasteiger partial charge on any atom is 0.337 e. The average Bonchev–Trinajstić information content (AvgIpc) is 2.35. The monoisotopic (exact) mass is 245 g/mol. The van der Waals surface area contributed by atoms with Gasteiger partial charge in [-0.15, -0.1) is 0 Å². The van der Waals surface area contributed by atoms with Crippen LogP contribution in [0, 0.1) is 5.92 Å². The zero-order valence-corrected chi connectivity index (χ0v) is 10.3. The van der Waals surface area contributed by atoms with Crippen molar-refractivity contribution in [3.8, 4) is 0 Å². The van der Waals surface area contributed by atoms with Crippen LogP contribution in [0.3, 0.4) is 0 Å². The fraction of sp³-hybridized carbons (Fsp3) is 0.308. The number of fused-ring (bicyclic) bond motifs is 1. The summed E-state index contributed by atoms with van der Waals surface area (Å²) in [7, 11) is 0. The van der Waals surface area contributed by atoms with Gasteiger partial charge in [-0.3, -0.25) is 0 Å². The van der Waals surface area contributed by atoms with E-state index in [-0.39, 0.29) is 5.56 Å². The second-order valence-electron chi connectivity index (χ2n) is 4.52. The number of carbonyl (C=O) groups is 1. The van der Waals surface area contributed by atoms with Gasteiger partial charge in [0.25, 0.3) is 0 Å². The van der Waals surface area contributed by atoms with Gasteiger partial charge in [-0.2, -0.15) is 0 Å². The number of carboxylic acids is 1. The highest BCUT2D eigenvalue weighted by molar-refractivity contribution is 6.01. The number of carboxylic acid groups (broad SMARTS) is 1. The molecule has 2 aromatic rings. The van der Waals surface area contributed by atoms with Crippen LogP contribution in [0.5, 0.6) is 0 Å². The summed E-state index contributed by atoms with van der Waals surface area (Å²) < 4.78 is 0. The number of nitrogens with one attached hydrogen (secondary N) is 1. The molecule has 5 heteroatoms. The van der Waals surface area contributed by atoms with E-state index in [0.717, 1.165) is 11.9 Å². The van der Waals surface area contributed by atoms with Gasteiger partial charge in [0.1, 0.15) is 0 Å². The van der Waals surface area contributed by atoms with Crippen LogP contribution in [0.25, 0.3) is 10.9 Å². The van der Waals surface area contributed by atoms with Crippen LogP contribution >= 0.6 is 0 Å². The van der Waals surface area contributed by atoms with E-state index < -0.39 is 5.97 Å². The Hall–Kier alpha value is -2.17. The van der Waals surface area contributed by atoms with Gasteiger partial charge < -0.3 is 10.4 Å². The highest BCUT2D eigenvalue weighted by Crippen LogP contribution is 2.17. The number of rotatable bonds is 4. The zero-order chi connectivity index (χ0) is 13.1. The maximum absolute atomic E-state index is 11.1. The quantitative estimate of drug-likeness (QED) is 0.865. The number of benzene rings is 1. The third-order valence-electron chi connectivity index (χ3n) is 2.51. The minimum atomic E-state index is -0.978. The van der Waals surface area contributed by atoms with Crippen molar-refractivity contribution in [2.24, 2.45) is 5.92 Å². The maximum atomic E-state index is 11.1. The molecule has 5 nitrogen and oxygen atoms in total. The van der Waals surface area contributed by atoms with Crippen LogP contribution in [-0.2, 0) is 0 Å². The molecule has 18 heavy (non-hydrogen) atoms. The Morgan fingerprint density at radius 3 is 2.89 bits per heavy atom. The van der Waals surface area contributed by atoms with Crippen molar-refractivity contribution in [1.82, 2.24) is 9.97 Å². The lowest BCUT2D eigenvalue weighted by Crippen LogP contribution is -2.11. The van der Waals surface area contributed by atoms with E-state index >= 15 is 0 Å². The van der Waals surface area contributed by atoms with E-state index in [1.807, 2.05) is 0 Å². The number of para-hydroxylation sites is 1. The minimum absolute atomic E-state index is 0.197. The molecule has 0 aliphatic rings. The predicted octanol–water partition coefficient (Wildman–Crippen LogP) is 2.40. The molecule has 0 amide bonds. The molecule has 2 rings (SSSR count). The molecule has 1 aromatic carbocycles. The molecular weight excluding hydrogens is 230 g/mol. The molecule has 0 aliphatic carbocycles. The molecule has 0 saturated heterocycles. The van der Waals surface area contributed by atoms with E-state index in [1.54, 1.807) is 24.4 Å². The van der Waals surface area contributed by atoms with E-state index in [1.165, 1.54) is 0 Å². The Labute approximate surface area is 105 Å². The lowest BCUT2D eigenvalue weighted by atomic mass is 10.1. The number of aromatic carboxylic acids is 1. The first kappa shape index (κ1) is 12.3. The molecule has 0 bridgehead atoms. The summed E-state index contributed by atoms with van der Waals surface area (Å²) in [5.41, 5.74) is 0.661. The first-order chi connectivity index (χ1) is 8.58. The van der Waals surface area contributed by atoms with Crippen LogP contribution < -0.4 is 5.32 Å². The Bertz CT molecular complexity index is 581. The Balaban J connectivity index is 2.42. The second-order valence-corrected chi connectivity index (χ2v) is 4.52. The number of nitrogens with zero attached hydrogens (tertiary/aromatic N) is 2. The molecule has 0 atom stereocenters. The summed E-state index contributed by atoms with van der Waals surface area (Å²) >= 11 is 0. The molecule has 1 heterocycles. The standard InChI is InChI=1S/C13H15N3O2/c1-8(2)6-14-13-15-7-9-4-3-5-10(12(17)18)11(9)16-13/h3-5,7-8H,6H2,1-2H3,(H,17,18)(H,14,15,16). The predicted molar refractivity (Wildman–Crippen MR) is 69.8 cm³/mol. The summed E-state index contributed by atoms with van der Waals surface area (Å²) in [4.78, 5) is 19.5. The lowest BCUT2D eigenvalue weighted by Gasteiger charge is -2.08. The van der Waals surface area contributed by atoms with Gasteiger partial charge in [-0.1, -0.05) is 26.0 Å². The molecule has 0 radical (unpaired) electrons. The number of hydrogen-bond donors (Lipinski definition) is 2. The minimum Gasteiger partial charge on any atom is -0.478 e. The fourth-order valence-corrected chi connectivity index (χ4v) is 1.61. The van der Waals surface area contributed by atoms with Gasteiger partial charge in [0.15, 0.2) is 0 Å². The van der Waals surface area contributed by atoms with Crippen LogP contribution in [0.2, 0.25) is 0 Å². The Kier molecular flexibility index (Phi) is 3.41. The topological polar surface area (TPSA) is 75.1 Å². The smallest absolute Gasteiger partial charge is 0.337 e. The van der Waals surface area contributed by atoms with Crippen molar-refractivity contribution in [2.45, 2.75) is 13.8 Å². The van der Waals surface area contributed by atoms with Gasteiger partial charge in [0, 0.05) is 18.1 Å². The summed E-state index contributed by atoms with van der Waals surface area (Å²) in [5.74, 6) is -0.0435. The van der Waals surface area contributed by atoms with Crippen molar-refractivity contribution >= 4 is 22.8 Å². The van der Waals surface area contributed by atoms with Crippen molar-refractivity contribution in [2.75, 3.05) is 11.9 Å². The van der Waals surface area contributed by atoms with Gasteiger partial charge >= 0.3 is 5.97 Å². The van der Waals surface area contributed by atoms with Gasteiger partial charge in [-0.05, 0) is 12.0 Å². The van der Waals surface area contributed by atoms with E-state index in [0.29, 0.717) is 17.4 Å². The van der Waals surface area contributed by atoms with Crippen LogP contribution in [0.4, 0.5) is 5.95 Å². The van der Waals surface area contributed by atoms with E-state index in [4.69, 9.17) is 5.11 Å². The normalized spacial score (nSPS) is 10.8.